The second-order valence-corrected chi connectivity index (χ2v) is 4.59. The van der Waals surface area contributed by atoms with Crippen molar-refractivity contribution in [1.82, 2.24) is 10.6 Å². The molecule has 0 bridgehead atoms. The highest BCUT2D eigenvalue weighted by molar-refractivity contribution is 5.84. The molecule has 2 N–H and O–H groups in total. The van der Waals surface area contributed by atoms with Crippen LogP contribution in [0.3, 0.4) is 0 Å². The molecule has 2 rings (SSSR count). The van der Waals surface area contributed by atoms with E-state index in [4.69, 9.17) is 0 Å². The minimum Gasteiger partial charge on any atom is -0.355 e. The van der Waals surface area contributed by atoms with E-state index in [1.807, 2.05) is 0 Å². The lowest BCUT2D eigenvalue weighted by molar-refractivity contribution is -0.129. The van der Waals surface area contributed by atoms with E-state index in [0.29, 0.717) is 19.4 Å². The van der Waals surface area contributed by atoms with Gasteiger partial charge in [0.15, 0.2) is 0 Å². The average molecular weight is 196 g/mol. The molecule has 1 heterocycles. The van der Waals surface area contributed by atoms with Gasteiger partial charge in [0, 0.05) is 18.5 Å². The summed E-state index contributed by atoms with van der Waals surface area (Å²) in [6.07, 6.45) is 3.33. The Morgan fingerprint density at radius 1 is 1.57 bits per heavy atom. The molecule has 2 fully saturated rings. The van der Waals surface area contributed by atoms with Gasteiger partial charge < -0.3 is 10.6 Å². The molecule has 1 aliphatic heterocycles. The van der Waals surface area contributed by atoms with Gasteiger partial charge in [-0.05, 0) is 26.2 Å². The lowest BCUT2D eigenvalue weighted by atomic mass is 9.98. The summed E-state index contributed by atoms with van der Waals surface area (Å²) in [5.74, 6) is 0.141. The maximum atomic E-state index is 11.7. The van der Waals surface area contributed by atoms with Crippen molar-refractivity contribution in [1.29, 1.82) is 0 Å². The van der Waals surface area contributed by atoms with Gasteiger partial charge >= 0.3 is 0 Å². The van der Waals surface area contributed by atoms with E-state index in [0.717, 1.165) is 12.8 Å². The number of hydrogen-bond donors (Lipinski definition) is 2. The Labute approximate surface area is 83.4 Å². The normalized spacial score (nSPS) is 29.2. The molecule has 0 aromatic carbocycles. The van der Waals surface area contributed by atoms with Gasteiger partial charge in [0.25, 0.3) is 0 Å². The quantitative estimate of drug-likeness (QED) is 0.662. The van der Waals surface area contributed by atoms with Crippen LogP contribution in [0.25, 0.3) is 0 Å². The number of rotatable bonds is 2. The van der Waals surface area contributed by atoms with Gasteiger partial charge in [-0.3, -0.25) is 9.59 Å². The molecule has 1 unspecified atom stereocenters. The molecule has 0 radical (unpaired) electrons. The summed E-state index contributed by atoms with van der Waals surface area (Å²) >= 11 is 0. The molecule has 2 amide bonds. The summed E-state index contributed by atoms with van der Waals surface area (Å²) < 4.78 is 0. The zero-order valence-corrected chi connectivity index (χ0v) is 8.43. The van der Waals surface area contributed by atoms with Crippen molar-refractivity contribution in [2.24, 2.45) is 5.92 Å². The topological polar surface area (TPSA) is 58.2 Å². The molecule has 4 nitrogen and oxygen atoms in total. The summed E-state index contributed by atoms with van der Waals surface area (Å²) in [5, 5.41) is 5.74. The average Bonchev–Trinajstić information content (AvgIpc) is 2.84. The van der Waals surface area contributed by atoms with Gasteiger partial charge in [-0.2, -0.15) is 0 Å². The lowest BCUT2D eigenvalue weighted by Gasteiger charge is -2.23. The fourth-order valence-electron chi connectivity index (χ4n) is 1.67. The molecule has 14 heavy (non-hydrogen) atoms. The van der Waals surface area contributed by atoms with Crippen molar-refractivity contribution in [3.05, 3.63) is 0 Å². The molecular weight excluding hydrogens is 180 g/mol. The van der Waals surface area contributed by atoms with Crippen LogP contribution in [-0.4, -0.2) is 23.9 Å². The van der Waals surface area contributed by atoms with Crippen LogP contribution in [0.15, 0.2) is 0 Å². The van der Waals surface area contributed by atoms with Gasteiger partial charge in [0.2, 0.25) is 11.8 Å². The van der Waals surface area contributed by atoms with Gasteiger partial charge in [0.1, 0.15) is 0 Å². The van der Waals surface area contributed by atoms with E-state index in [2.05, 4.69) is 17.6 Å². The molecule has 4 heteroatoms. The number of amides is 2. The van der Waals surface area contributed by atoms with Crippen molar-refractivity contribution in [2.75, 3.05) is 6.54 Å². The molecule has 2 aliphatic rings. The highest BCUT2D eigenvalue weighted by Gasteiger charge is 2.40. The minimum atomic E-state index is -0.0230. The highest BCUT2D eigenvalue weighted by Crippen LogP contribution is 2.34. The van der Waals surface area contributed by atoms with E-state index < -0.39 is 0 Å². The molecule has 1 saturated heterocycles. The van der Waals surface area contributed by atoms with Crippen molar-refractivity contribution >= 4 is 11.8 Å². The third-order valence-corrected chi connectivity index (χ3v) is 3.06. The molecule has 0 spiro atoms. The van der Waals surface area contributed by atoms with E-state index in [1.54, 1.807) is 0 Å². The number of carbonyl (C=O) groups excluding carboxylic acids is 2. The summed E-state index contributed by atoms with van der Waals surface area (Å²) in [6, 6.07) is 0. The minimum absolute atomic E-state index is 0.0230. The van der Waals surface area contributed by atoms with Crippen LogP contribution in [0.2, 0.25) is 0 Å². The monoisotopic (exact) mass is 196 g/mol. The first-order chi connectivity index (χ1) is 6.59. The van der Waals surface area contributed by atoms with Crippen molar-refractivity contribution in [3.8, 4) is 0 Å². The second-order valence-electron chi connectivity index (χ2n) is 4.59. The molecule has 1 saturated carbocycles. The van der Waals surface area contributed by atoms with Crippen LogP contribution in [0.1, 0.15) is 32.6 Å². The third kappa shape index (κ3) is 2.05. The fraction of sp³-hybridized carbons (Fsp3) is 0.800. The Bertz CT molecular complexity index is 261. The largest absolute Gasteiger partial charge is 0.355 e. The smallest absolute Gasteiger partial charge is 0.225 e. The molecule has 78 valence electrons. The van der Waals surface area contributed by atoms with Crippen LogP contribution in [0, 0.1) is 5.92 Å². The Hall–Kier alpha value is -1.06. The fourth-order valence-corrected chi connectivity index (χ4v) is 1.67. The van der Waals surface area contributed by atoms with Gasteiger partial charge in [0.05, 0.1) is 5.92 Å². The molecule has 0 aromatic rings. The SMILES string of the molecule is CC1(NC(=O)C2CCC(=O)NC2)CC1. The van der Waals surface area contributed by atoms with E-state index in [1.165, 1.54) is 0 Å². The first-order valence-electron chi connectivity index (χ1n) is 5.18. The standard InChI is InChI=1S/C10H16N2O2/c1-10(4-5-10)12-9(14)7-2-3-8(13)11-6-7/h7H,2-6H2,1H3,(H,11,13)(H,12,14). The predicted molar refractivity (Wildman–Crippen MR) is 51.5 cm³/mol. The predicted octanol–water partition coefficient (Wildman–Crippen LogP) is 0.181. The zero-order valence-electron chi connectivity index (χ0n) is 8.43. The van der Waals surface area contributed by atoms with E-state index >= 15 is 0 Å². The summed E-state index contributed by atoms with van der Waals surface area (Å²) in [6.45, 7) is 2.56. The van der Waals surface area contributed by atoms with Crippen molar-refractivity contribution < 1.29 is 9.59 Å². The van der Waals surface area contributed by atoms with Crippen LogP contribution in [-0.2, 0) is 9.59 Å². The number of piperidine rings is 1. The van der Waals surface area contributed by atoms with Crippen LogP contribution in [0.4, 0.5) is 0 Å². The molecule has 1 aliphatic carbocycles. The van der Waals surface area contributed by atoms with Crippen LogP contribution >= 0.6 is 0 Å². The molecular formula is C10H16N2O2. The first kappa shape index (κ1) is 9.49. The van der Waals surface area contributed by atoms with Gasteiger partial charge in [-0.15, -0.1) is 0 Å². The highest BCUT2D eigenvalue weighted by atomic mass is 16.2. The molecule has 1 atom stereocenters. The second kappa shape index (κ2) is 3.26. The van der Waals surface area contributed by atoms with E-state index in [9.17, 15) is 9.59 Å². The summed E-state index contributed by atoms with van der Waals surface area (Å²) in [7, 11) is 0. The van der Waals surface area contributed by atoms with Crippen LogP contribution < -0.4 is 10.6 Å². The third-order valence-electron chi connectivity index (χ3n) is 3.06. The number of carbonyl (C=O) groups is 2. The maximum absolute atomic E-state index is 11.7. The summed E-state index contributed by atoms with van der Waals surface area (Å²) in [4.78, 5) is 22.6. The van der Waals surface area contributed by atoms with Crippen LogP contribution in [0.5, 0.6) is 0 Å². The van der Waals surface area contributed by atoms with Crippen molar-refractivity contribution in [3.63, 3.8) is 0 Å². The number of nitrogens with one attached hydrogen (secondary N) is 2. The van der Waals surface area contributed by atoms with Gasteiger partial charge in [-0.1, -0.05) is 0 Å². The lowest BCUT2D eigenvalue weighted by Crippen LogP contribution is -2.46. The maximum Gasteiger partial charge on any atom is 0.225 e. The van der Waals surface area contributed by atoms with E-state index in [-0.39, 0.29) is 23.3 Å². The summed E-state index contributed by atoms with van der Waals surface area (Å²) in [5.41, 5.74) is 0.0541. The molecule has 0 aromatic heterocycles. The Morgan fingerprint density at radius 3 is 2.79 bits per heavy atom. The zero-order chi connectivity index (χ0) is 10.2. The van der Waals surface area contributed by atoms with Crippen molar-refractivity contribution in [2.45, 2.75) is 38.1 Å². The Kier molecular flexibility index (Phi) is 2.21. The number of hydrogen-bond acceptors (Lipinski definition) is 2. The Morgan fingerprint density at radius 2 is 2.29 bits per heavy atom. The Balaban J connectivity index is 1.83. The first-order valence-corrected chi connectivity index (χ1v) is 5.18. The van der Waals surface area contributed by atoms with Gasteiger partial charge in [-0.25, -0.2) is 0 Å².